The number of benzene rings is 1. The van der Waals surface area contributed by atoms with Gasteiger partial charge in [0.25, 0.3) is 10.1 Å². The van der Waals surface area contributed by atoms with Gasteiger partial charge in [-0.15, -0.1) is 0 Å². The molecule has 0 saturated carbocycles. The Balaban J connectivity index is 3.46. The van der Waals surface area contributed by atoms with Crippen molar-refractivity contribution in [2.45, 2.75) is 23.5 Å². The van der Waals surface area contributed by atoms with E-state index in [0.717, 1.165) is 0 Å². The Morgan fingerprint density at radius 3 is 1.77 bits per heavy atom. The molecule has 1 unspecified atom stereocenters. The van der Waals surface area contributed by atoms with Gasteiger partial charge in [0.2, 0.25) is 0 Å². The third-order valence-electron chi connectivity index (χ3n) is 2.69. The van der Waals surface area contributed by atoms with Crippen LogP contribution in [-0.2, 0) is 22.7 Å². The number of alkyl halides is 2. The first-order valence-electron chi connectivity index (χ1n) is 6.86. The van der Waals surface area contributed by atoms with Crippen LogP contribution < -0.4 is 5.30 Å². The number of hydrogen-bond acceptors (Lipinski definition) is 5. The molecule has 126 valence electrons. The molecule has 1 aromatic rings. The molecule has 1 atom stereocenters. The van der Waals surface area contributed by atoms with E-state index in [0.29, 0.717) is 5.30 Å². The molecule has 1 rings (SSSR count). The van der Waals surface area contributed by atoms with Crippen molar-refractivity contribution in [1.82, 2.24) is 0 Å². The molecule has 0 amide bonds. The fraction of sp³-hybridized carbons (Fsp3) is 0.538. The molecule has 0 aliphatic heterocycles. The van der Waals surface area contributed by atoms with Crippen LogP contribution in [0.15, 0.2) is 30.3 Å². The molecule has 0 aliphatic rings. The molecule has 5 nitrogen and oxygen atoms in total. The van der Waals surface area contributed by atoms with E-state index in [2.05, 4.69) is 31.9 Å². The van der Waals surface area contributed by atoms with Crippen LogP contribution in [0.3, 0.4) is 0 Å². The normalized spacial score (nSPS) is 15.5. The third-order valence-corrected chi connectivity index (χ3v) is 13.8. The van der Waals surface area contributed by atoms with Crippen LogP contribution in [0, 0.1) is 0 Å². The van der Waals surface area contributed by atoms with Crippen LogP contribution in [0.5, 0.6) is 0 Å². The Morgan fingerprint density at radius 2 is 1.36 bits per heavy atom. The summed E-state index contributed by atoms with van der Waals surface area (Å²) in [5, 5.41) is 0.422. The van der Waals surface area contributed by atoms with E-state index in [1.807, 2.05) is 0 Å². The maximum atomic E-state index is 13.6. The molecule has 0 saturated heterocycles. The Hall–Kier alpha value is 0.520. The van der Waals surface area contributed by atoms with E-state index in [1.165, 1.54) is 0 Å². The van der Waals surface area contributed by atoms with Gasteiger partial charge in [0, 0.05) is 5.30 Å². The Bertz CT molecular complexity index is 555. The molecule has 0 aromatic heterocycles. The lowest BCUT2D eigenvalue weighted by atomic mass is 10.4. The maximum Gasteiger partial charge on any atom is 0.368 e. The van der Waals surface area contributed by atoms with Crippen molar-refractivity contribution in [2.24, 2.45) is 0 Å². The molecule has 22 heavy (non-hydrogen) atoms. The highest BCUT2D eigenvalue weighted by Crippen LogP contribution is 2.82. The predicted molar refractivity (Wildman–Crippen MR) is 96.8 cm³/mol. The van der Waals surface area contributed by atoms with Gasteiger partial charge < -0.3 is 13.6 Å². The highest BCUT2D eigenvalue weighted by molar-refractivity contribution is 9.29. The minimum Gasteiger partial charge on any atom is -0.324 e. The average Bonchev–Trinajstić information content (AvgIpc) is 2.48. The van der Waals surface area contributed by atoms with Gasteiger partial charge in [-0.3, -0.25) is 9.13 Å². The zero-order chi connectivity index (χ0) is 16.9. The van der Waals surface area contributed by atoms with Gasteiger partial charge in [-0.2, -0.15) is 0 Å². The second kappa shape index (κ2) is 8.57. The van der Waals surface area contributed by atoms with Crippen molar-refractivity contribution in [2.75, 3.05) is 19.8 Å². The summed E-state index contributed by atoms with van der Waals surface area (Å²) in [5.41, 5.74) is 0. The van der Waals surface area contributed by atoms with E-state index >= 15 is 0 Å². The molecule has 0 fully saturated rings. The molecular weight excluding hydrogens is 458 g/mol. The van der Waals surface area contributed by atoms with Gasteiger partial charge in [0.05, 0.1) is 19.8 Å². The molecular formula is C13H20Br2O5P2. The lowest BCUT2D eigenvalue weighted by Gasteiger charge is -2.35. The summed E-state index contributed by atoms with van der Waals surface area (Å²) in [6.07, 6.45) is 0. The van der Waals surface area contributed by atoms with E-state index in [9.17, 15) is 9.13 Å². The van der Waals surface area contributed by atoms with Crippen molar-refractivity contribution < 1.29 is 22.7 Å². The van der Waals surface area contributed by atoms with Crippen molar-refractivity contribution in [3.8, 4) is 0 Å². The molecule has 0 bridgehead atoms. The number of halogens is 2. The van der Waals surface area contributed by atoms with E-state index in [4.69, 9.17) is 13.6 Å². The van der Waals surface area contributed by atoms with Gasteiger partial charge in [-0.25, -0.2) is 0 Å². The monoisotopic (exact) mass is 476 g/mol. The first kappa shape index (κ1) is 20.6. The molecule has 0 N–H and O–H groups in total. The Kier molecular flexibility index (Phi) is 8.01. The number of rotatable bonds is 9. The third kappa shape index (κ3) is 3.94. The summed E-state index contributed by atoms with van der Waals surface area (Å²) in [7, 11) is -7.43. The van der Waals surface area contributed by atoms with Crippen molar-refractivity contribution in [3.05, 3.63) is 30.3 Å². The van der Waals surface area contributed by atoms with E-state index in [1.54, 1.807) is 51.1 Å². The van der Waals surface area contributed by atoms with Crippen LogP contribution >= 0.6 is 46.8 Å². The fourth-order valence-corrected chi connectivity index (χ4v) is 9.64. The summed E-state index contributed by atoms with van der Waals surface area (Å²) < 4.78 is 41.3. The summed E-state index contributed by atoms with van der Waals surface area (Å²) in [6, 6.07) is 8.60. The molecule has 0 radical (unpaired) electrons. The van der Waals surface area contributed by atoms with Gasteiger partial charge in [0.15, 0.2) is 0 Å². The van der Waals surface area contributed by atoms with Gasteiger partial charge >= 0.3 is 7.60 Å². The van der Waals surface area contributed by atoms with Gasteiger partial charge in [0.1, 0.15) is 0 Å². The quantitative estimate of drug-likeness (QED) is 0.357. The van der Waals surface area contributed by atoms with E-state index in [-0.39, 0.29) is 19.8 Å². The average molecular weight is 478 g/mol. The lowest BCUT2D eigenvalue weighted by molar-refractivity contribution is 0.219. The highest BCUT2D eigenvalue weighted by atomic mass is 79.9. The minimum atomic E-state index is -3.79. The van der Waals surface area contributed by atoms with Crippen LogP contribution in [0.1, 0.15) is 20.8 Å². The fourth-order valence-electron chi connectivity index (χ4n) is 1.81. The molecule has 0 spiro atoms. The van der Waals surface area contributed by atoms with Crippen LogP contribution in [0.4, 0.5) is 0 Å². The summed E-state index contributed by atoms with van der Waals surface area (Å²) in [6.45, 7) is 5.58. The second-order valence-electron chi connectivity index (χ2n) is 4.15. The van der Waals surface area contributed by atoms with Crippen molar-refractivity contribution >= 4 is 52.1 Å². The standard InChI is InChI=1S/C13H20Br2O5P2/c1-4-18-21(16,12-10-8-7-9-11-12)13(14,15)22(17,19-5-2)20-6-3/h7-11H,4-6H2,1-3H3. The SMILES string of the molecule is CCOP(=O)(OCC)C(Br)(Br)P(=O)(OCC)c1ccccc1. The van der Waals surface area contributed by atoms with Crippen LogP contribution in [0.2, 0.25) is 0 Å². The number of hydrogen-bond donors (Lipinski definition) is 0. The largest absolute Gasteiger partial charge is 0.368 e. The maximum absolute atomic E-state index is 13.6. The molecule has 0 aliphatic carbocycles. The Morgan fingerprint density at radius 1 is 0.909 bits per heavy atom. The second-order valence-corrected chi connectivity index (χ2v) is 15.1. The molecule has 0 heterocycles. The first-order chi connectivity index (χ1) is 10.3. The molecule has 1 aromatic carbocycles. The van der Waals surface area contributed by atoms with Crippen LogP contribution in [0.25, 0.3) is 0 Å². The predicted octanol–water partition coefficient (Wildman–Crippen LogP) is 5.29. The lowest BCUT2D eigenvalue weighted by Crippen LogP contribution is -2.25. The summed E-state index contributed by atoms with van der Waals surface area (Å²) in [4.78, 5) is 0. The molecule has 9 heteroatoms. The summed E-state index contributed by atoms with van der Waals surface area (Å²) in [5.74, 6) is 0. The first-order valence-corrected chi connectivity index (χ1v) is 11.6. The van der Waals surface area contributed by atoms with E-state index < -0.39 is 17.7 Å². The Labute approximate surface area is 148 Å². The smallest absolute Gasteiger partial charge is 0.324 e. The topological polar surface area (TPSA) is 61.8 Å². The summed E-state index contributed by atoms with van der Waals surface area (Å²) >= 11 is 6.56. The highest BCUT2D eigenvalue weighted by Gasteiger charge is 2.62. The minimum absolute atomic E-state index is 0.150. The van der Waals surface area contributed by atoms with Gasteiger partial charge in [-0.1, -0.05) is 18.2 Å². The van der Waals surface area contributed by atoms with Gasteiger partial charge in [-0.05, 0) is 64.8 Å². The van der Waals surface area contributed by atoms with Crippen LogP contribution in [-0.4, -0.2) is 22.5 Å². The zero-order valence-electron chi connectivity index (χ0n) is 12.7. The zero-order valence-corrected chi connectivity index (χ0v) is 17.7. The van der Waals surface area contributed by atoms with Crippen molar-refractivity contribution in [1.29, 1.82) is 0 Å². The van der Waals surface area contributed by atoms with Crippen molar-refractivity contribution in [3.63, 3.8) is 0 Å².